The van der Waals surface area contributed by atoms with Crippen LogP contribution < -0.4 is 80.0 Å². The van der Waals surface area contributed by atoms with Crippen LogP contribution in [0.15, 0.2) is 0 Å². The van der Waals surface area contributed by atoms with E-state index in [1.54, 1.807) is 0 Å². The summed E-state index contributed by atoms with van der Waals surface area (Å²) in [5, 5.41) is 2.04. The summed E-state index contributed by atoms with van der Waals surface area (Å²) in [7, 11) is -5.14. The third kappa shape index (κ3) is 19.5. The van der Waals surface area contributed by atoms with E-state index in [2.05, 4.69) is 15.9 Å². The Morgan fingerprint density at radius 2 is 1.58 bits per heavy atom. The van der Waals surface area contributed by atoms with Gasteiger partial charge in [0.2, 0.25) is 5.91 Å². The van der Waals surface area contributed by atoms with Gasteiger partial charge in [-0.3, -0.25) is 10.1 Å². The molecule has 0 saturated carbocycles. The van der Waals surface area contributed by atoms with E-state index in [-0.39, 0.29) is 65.0 Å². The van der Waals surface area contributed by atoms with Gasteiger partial charge in [-0.1, -0.05) is 29.8 Å². The molecule has 0 aliphatic rings. The van der Waals surface area contributed by atoms with Gasteiger partial charge in [-0.2, -0.15) is 0 Å². The van der Waals surface area contributed by atoms with Crippen molar-refractivity contribution >= 4 is 35.7 Å². The number of alkyl halides is 1. The Morgan fingerprint density at radius 1 is 1.32 bits per heavy atom. The molecule has 0 aromatic rings. The number of nitrogens with one attached hydrogen (secondary N) is 1. The number of urea groups is 1. The average molecular weight is 379 g/mol. The minimum absolute atomic E-state index is 0. The Labute approximate surface area is 164 Å². The monoisotopic (exact) mass is 378 g/mol. The van der Waals surface area contributed by atoms with Crippen molar-refractivity contribution in [3.05, 3.63) is 0 Å². The van der Waals surface area contributed by atoms with E-state index in [4.69, 9.17) is 25.0 Å². The Hall–Kier alpha value is 1.53. The molecular weight excluding hydrogens is 365 g/mol. The van der Waals surface area contributed by atoms with E-state index in [9.17, 15) is 9.59 Å². The number of amides is 3. The molecule has 0 aromatic heterocycles. The van der Waals surface area contributed by atoms with Gasteiger partial charge in [0.1, 0.15) is 4.32 Å². The SMILES string of the molecule is CCC(Br)(CC)C(=O)NC(N)=O.O=P([O-])([O-])O.[Na+].[Na+]. The molecule has 4 N–H and O–H groups in total. The maximum atomic E-state index is 11.3. The summed E-state index contributed by atoms with van der Waals surface area (Å²) in [5.41, 5.74) is 4.81. The Kier molecular flexibility index (Phi) is 19.9. The summed E-state index contributed by atoms with van der Waals surface area (Å²) >= 11 is 3.26. The first-order chi connectivity index (χ1) is 7.46. The average Bonchev–Trinajstić information content (AvgIpc) is 2.12. The molecule has 0 radical (unpaired) electrons. The standard InChI is InChI=1S/C7H13BrN2O2.2Na.H3O4P/c1-3-7(8,4-2)5(11)10-6(9)12;;;1-5(2,3)4/h3-4H2,1-2H3,(H3,9,10,11,12);;;(H3,1,2,3,4)/q;2*+1;/p-2. The van der Waals surface area contributed by atoms with Crippen LogP contribution in [0.5, 0.6) is 0 Å². The van der Waals surface area contributed by atoms with Crippen LogP contribution >= 0.6 is 23.8 Å². The van der Waals surface area contributed by atoms with Crippen LogP contribution in [0.4, 0.5) is 4.79 Å². The Balaban J connectivity index is -0.000000139. The van der Waals surface area contributed by atoms with Crippen LogP contribution in [-0.4, -0.2) is 21.2 Å². The molecule has 0 saturated heterocycles. The summed E-state index contributed by atoms with van der Waals surface area (Å²) < 4.78 is 8.00. The van der Waals surface area contributed by atoms with Gasteiger partial charge in [0.15, 0.2) is 0 Å². The molecule has 0 rings (SSSR count). The third-order valence-corrected chi connectivity index (χ3v) is 3.25. The maximum Gasteiger partial charge on any atom is 1.00 e. The van der Waals surface area contributed by atoms with Gasteiger partial charge < -0.3 is 25.0 Å². The smallest absolute Gasteiger partial charge is 0.790 e. The zero-order valence-corrected chi connectivity index (χ0v) is 17.8. The zero-order chi connectivity index (χ0) is 14.3. The topological polar surface area (TPSA) is 156 Å². The fourth-order valence-electron chi connectivity index (χ4n) is 0.795. The van der Waals surface area contributed by atoms with Gasteiger partial charge in [-0.25, -0.2) is 4.79 Å². The maximum absolute atomic E-state index is 11.3. The van der Waals surface area contributed by atoms with Gasteiger partial charge in [0.05, 0.1) is 7.82 Å². The molecule has 3 amide bonds. The first-order valence-corrected chi connectivity index (χ1v) is 6.79. The van der Waals surface area contributed by atoms with Crippen molar-refractivity contribution in [3.8, 4) is 0 Å². The van der Waals surface area contributed by atoms with E-state index in [0.717, 1.165) is 0 Å². The summed E-state index contributed by atoms with van der Waals surface area (Å²) in [6.45, 7) is 3.72. The van der Waals surface area contributed by atoms with Gasteiger partial charge >= 0.3 is 65.1 Å². The van der Waals surface area contributed by atoms with Gasteiger partial charge in [-0.05, 0) is 12.8 Å². The van der Waals surface area contributed by atoms with Crippen LogP contribution in [0.2, 0.25) is 0 Å². The largest absolute Gasteiger partial charge is 1.00 e. The number of nitrogens with two attached hydrogens (primary N) is 1. The fraction of sp³-hybridized carbons (Fsp3) is 0.714. The molecule has 102 valence electrons. The number of hydrogen-bond donors (Lipinski definition) is 3. The molecule has 19 heavy (non-hydrogen) atoms. The minimum atomic E-state index is -5.14. The normalized spacial score (nSPS) is 10.0. The van der Waals surface area contributed by atoms with Gasteiger partial charge in [0, 0.05) is 0 Å². The second-order valence-electron chi connectivity index (χ2n) is 2.96. The second kappa shape index (κ2) is 13.2. The minimum Gasteiger partial charge on any atom is -0.790 e. The molecule has 0 spiro atoms. The van der Waals surface area contributed by atoms with E-state index >= 15 is 0 Å². The van der Waals surface area contributed by atoms with Crippen LogP contribution in [0.3, 0.4) is 0 Å². The quantitative estimate of drug-likeness (QED) is 0.251. The van der Waals surface area contributed by atoms with E-state index < -0.39 is 18.2 Å². The van der Waals surface area contributed by atoms with E-state index in [1.165, 1.54) is 0 Å². The van der Waals surface area contributed by atoms with Crippen LogP contribution in [0, 0.1) is 0 Å². The predicted octanol–water partition coefficient (Wildman–Crippen LogP) is -7.05. The number of carbonyl (C=O) groups excluding carboxylic acids is 2. The van der Waals surface area contributed by atoms with E-state index in [0.29, 0.717) is 12.8 Å². The van der Waals surface area contributed by atoms with Crippen molar-refractivity contribution in [2.45, 2.75) is 31.0 Å². The molecule has 0 atom stereocenters. The molecule has 0 fully saturated rings. The van der Waals surface area contributed by atoms with Crippen molar-refractivity contribution in [2.24, 2.45) is 5.73 Å². The first-order valence-electron chi connectivity index (χ1n) is 4.50. The molecule has 8 nitrogen and oxygen atoms in total. The number of halogens is 1. The van der Waals surface area contributed by atoms with Crippen molar-refractivity contribution in [1.29, 1.82) is 0 Å². The second-order valence-corrected chi connectivity index (χ2v) is 5.41. The van der Waals surface area contributed by atoms with Gasteiger partial charge in [-0.15, -0.1) is 0 Å². The number of hydrogen-bond acceptors (Lipinski definition) is 5. The number of phosphoric acid groups is 1. The summed E-state index contributed by atoms with van der Waals surface area (Å²) in [5.74, 6) is -0.375. The number of primary amides is 1. The van der Waals surface area contributed by atoms with Crippen molar-refractivity contribution in [2.75, 3.05) is 0 Å². The molecule has 0 aliphatic carbocycles. The van der Waals surface area contributed by atoms with Crippen LogP contribution in [0.25, 0.3) is 0 Å². The predicted molar refractivity (Wildman–Crippen MR) is 59.8 cm³/mol. The van der Waals surface area contributed by atoms with Crippen molar-refractivity contribution in [1.82, 2.24) is 5.32 Å². The summed E-state index contributed by atoms with van der Waals surface area (Å²) in [6.07, 6.45) is 1.23. The van der Waals surface area contributed by atoms with Crippen LogP contribution in [-0.2, 0) is 9.36 Å². The summed E-state index contributed by atoms with van der Waals surface area (Å²) in [6, 6.07) is -0.814. The molecule has 0 unspecified atom stereocenters. The number of carbonyl (C=O) groups is 2. The molecule has 12 heteroatoms. The van der Waals surface area contributed by atoms with Gasteiger partial charge in [0.25, 0.3) is 0 Å². The third-order valence-electron chi connectivity index (χ3n) is 1.76. The zero-order valence-electron chi connectivity index (χ0n) is 11.3. The van der Waals surface area contributed by atoms with Crippen molar-refractivity contribution < 1.29 is 87.9 Å². The molecule has 0 bridgehead atoms. The Bertz CT molecular complexity index is 314. The summed E-state index contributed by atoms with van der Waals surface area (Å²) in [4.78, 5) is 45.9. The van der Waals surface area contributed by atoms with Crippen LogP contribution in [0.1, 0.15) is 26.7 Å². The first kappa shape index (κ1) is 28.7. The molecule has 0 heterocycles. The molecule has 0 aromatic carbocycles. The fourth-order valence-corrected chi connectivity index (χ4v) is 0.894. The van der Waals surface area contributed by atoms with Crippen molar-refractivity contribution in [3.63, 3.8) is 0 Å². The number of rotatable bonds is 3. The molecular formula is C7H14BrN2Na2O6P. The number of imide groups is 1. The molecule has 0 aliphatic heterocycles. The Morgan fingerprint density at radius 3 is 1.74 bits per heavy atom. The van der Waals surface area contributed by atoms with E-state index in [1.807, 2.05) is 19.2 Å².